The fraction of sp³-hybridized carbons (Fsp3) is 0.611. The summed E-state index contributed by atoms with van der Waals surface area (Å²) >= 11 is 0. The van der Waals surface area contributed by atoms with E-state index in [1.54, 1.807) is 0 Å². The number of aromatic hydroxyl groups is 1. The maximum absolute atomic E-state index is 10.2. The van der Waals surface area contributed by atoms with Crippen LogP contribution in [0.5, 0.6) is 5.75 Å². The molecule has 3 rings (SSSR count). The van der Waals surface area contributed by atoms with Crippen LogP contribution in [0.1, 0.15) is 80.8 Å². The molecule has 2 saturated carbocycles. The molecule has 0 heterocycles. The average molecular weight is 257 g/mol. The van der Waals surface area contributed by atoms with E-state index in [0.29, 0.717) is 17.6 Å². The van der Waals surface area contributed by atoms with E-state index in [0.717, 1.165) is 0 Å². The minimum absolute atomic E-state index is 0.526. The highest BCUT2D eigenvalue weighted by Gasteiger charge is 2.21. The minimum Gasteiger partial charge on any atom is -0.508 e. The second-order valence-electron chi connectivity index (χ2n) is 6.29. The standard InChI is InChI=1S/C18H25O/c19-18-12-11-16(14-7-3-1-4-8-14)13-17(18)15-9-5-2-6-10-15/h1,11-15,19H,2-10H2. The van der Waals surface area contributed by atoms with E-state index in [9.17, 15) is 5.11 Å². The monoisotopic (exact) mass is 257 g/mol. The first-order valence-electron chi connectivity index (χ1n) is 7.99. The van der Waals surface area contributed by atoms with Crippen molar-refractivity contribution in [1.82, 2.24) is 0 Å². The highest BCUT2D eigenvalue weighted by Crippen LogP contribution is 2.40. The zero-order chi connectivity index (χ0) is 13.1. The lowest BCUT2D eigenvalue weighted by atomic mass is 9.79. The topological polar surface area (TPSA) is 20.2 Å². The molecule has 19 heavy (non-hydrogen) atoms. The third kappa shape index (κ3) is 2.96. The van der Waals surface area contributed by atoms with Crippen molar-refractivity contribution >= 4 is 0 Å². The smallest absolute Gasteiger partial charge is 0.119 e. The molecule has 0 spiro atoms. The van der Waals surface area contributed by atoms with Crippen LogP contribution in [0.15, 0.2) is 18.2 Å². The number of hydrogen-bond acceptors (Lipinski definition) is 1. The molecule has 1 nitrogen and oxygen atoms in total. The van der Waals surface area contributed by atoms with Crippen molar-refractivity contribution in [3.63, 3.8) is 0 Å². The van der Waals surface area contributed by atoms with Crippen LogP contribution in [0, 0.1) is 6.42 Å². The van der Waals surface area contributed by atoms with Gasteiger partial charge in [0.2, 0.25) is 0 Å². The molecule has 103 valence electrons. The largest absolute Gasteiger partial charge is 0.508 e. The normalized spacial score (nSPS) is 22.5. The van der Waals surface area contributed by atoms with Gasteiger partial charge in [-0.3, -0.25) is 0 Å². The highest BCUT2D eigenvalue weighted by atomic mass is 16.3. The second kappa shape index (κ2) is 5.98. The quantitative estimate of drug-likeness (QED) is 0.762. The molecule has 1 heteroatoms. The van der Waals surface area contributed by atoms with E-state index in [4.69, 9.17) is 0 Å². The van der Waals surface area contributed by atoms with Gasteiger partial charge in [0.25, 0.3) is 0 Å². The van der Waals surface area contributed by atoms with Crippen LogP contribution in [0.2, 0.25) is 0 Å². The molecule has 1 aromatic carbocycles. The molecular weight excluding hydrogens is 232 g/mol. The minimum atomic E-state index is 0.526. The summed E-state index contributed by atoms with van der Waals surface area (Å²) in [5.41, 5.74) is 2.69. The Balaban J connectivity index is 1.82. The summed E-state index contributed by atoms with van der Waals surface area (Å²) in [7, 11) is 0. The molecule has 0 unspecified atom stereocenters. The number of hydrogen-bond donors (Lipinski definition) is 1. The van der Waals surface area contributed by atoms with Crippen molar-refractivity contribution in [2.75, 3.05) is 0 Å². The summed E-state index contributed by atoms with van der Waals surface area (Å²) in [6.07, 6.45) is 14.0. The molecule has 0 saturated heterocycles. The molecule has 1 N–H and O–H groups in total. The van der Waals surface area contributed by atoms with Crippen molar-refractivity contribution in [2.24, 2.45) is 0 Å². The van der Waals surface area contributed by atoms with Gasteiger partial charge in [0.1, 0.15) is 5.75 Å². The van der Waals surface area contributed by atoms with Gasteiger partial charge in [-0.15, -0.1) is 0 Å². The van der Waals surface area contributed by atoms with Crippen LogP contribution in [0.3, 0.4) is 0 Å². The van der Waals surface area contributed by atoms with Crippen molar-refractivity contribution in [1.29, 1.82) is 0 Å². The Morgan fingerprint density at radius 3 is 2.32 bits per heavy atom. The molecule has 2 aliphatic carbocycles. The lowest BCUT2D eigenvalue weighted by molar-refractivity contribution is 0.413. The molecule has 0 aromatic heterocycles. The van der Waals surface area contributed by atoms with E-state index < -0.39 is 0 Å². The number of benzene rings is 1. The van der Waals surface area contributed by atoms with Crippen molar-refractivity contribution in [3.8, 4) is 5.75 Å². The maximum atomic E-state index is 10.2. The Bertz CT molecular complexity index is 412. The molecule has 0 bridgehead atoms. The first-order chi connectivity index (χ1) is 9.34. The maximum Gasteiger partial charge on any atom is 0.119 e. The second-order valence-corrected chi connectivity index (χ2v) is 6.29. The first kappa shape index (κ1) is 13.0. The lowest BCUT2D eigenvalue weighted by Gasteiger charge is -2.26. The number of rotatable bonds is 2. The Kier molecular flexibility index (Phi) is 4.10. The summed E-state index contributed by atoms with van der Waals surface area (Å²) in [5, 5.41) is 10.2. The van der Waals surface area contributed by atoms with Gasteiger partial charge in [-0.05, 0) is 74.0 Å². The molecule has 1 aromatic rings. The van der Waals surface area contributed by atoms with E-state index in [1.165, 1.54) is 68.9 Å². The Labute approximate surface area is 117 Å². The SMILES string of the molecule is Oc1ccc(C2CC[CH]CC2)cc1C1CCCCC1. The van der Waals surface area contributed by atoms with Gasteiger partial charge in [0.15, 0.2) is 0 Å². The fourth-order valence-electron chi connectivity index (χ4n) is 3.83. The molecule has 0 amide bonds. The molecule has 2 aliphatic rings. The van der Waals surface area contributed by atoms with Gasteiger partial charge < -0.3 is 5.11 Å². The summed E-state index contributed by atoms with van der Waals surface area (Å²) in [6, 6.07) is 6.41. The van der Waals surface area contributed by atoms with Crippen LogP contribution in [-0.4, -0.2) is 5.11 Å². The zero-order valence-corrected chi connectivity index (χ0v) is 11.8. The van der Waals surface area contributed by atoms with Crippen molar-refractivity contribution < 1.29 is 5.11 Å². The third-order valence-corrected chi connectivity index (χ3v) is 5.01. The zero-order valence-electron chi connectivity index (χ0n) is 11.8. The van der Waals surface area contributed by atoms with Crippen LogP contribution in [-0.2, 0) is 0 Å². The highest BCUT2D eigenvalue weighted by molar-refractivity contribution is 5.40. The first-order valence-corrected chi connectivity index (χ1v) is 7.99. The molecule has 1 radical (unpaired) electrons. The van der Waals surface area contributed by atoms with Crippen molar-refractivity contribution in [3.05, 3.63) is 35.7 Å². The summed E-state index contributed by atoms with van der Waals surface area (Å²) in [4.78, 5) is 0. The van der Waals surface area contributed by atoms with Gasteiger partial charge >= 0.3 is 0 Å². The number of phenolic OH excluding ortho intramolecular Hbond substituents is 1. The number of phenols is 1. The lowest BCUT2D eigenvalue weighted by Crippen LogP contribution is -2.08. The van der Waals surface area contributed by atoms with Gasteiger partial charge in [-0.1, -0.05) is 31.4 Å². The Hall–Kier alpha value is -0.980. The molecule has 0 atom stereocenters. The predicted molar refractivity (Wildman–Crippen MR) is 79.4 cm³/mol. The summed E-state index contributed by atoms with van der Waals surface area (Å²) in [5.74, 6) is 1.84. The van der Waals surface area contributed by atoms with Gasteiger partial charge in [-0.25, -0.2) is 0 Å². The molecular formula is C18H25O. The van der Waals surface area contributed by atoms with Crippen LogP contribution >= 0.6 is 0 Å². The molecule has 2 fully saturated rings. The predicted octanol–water partition coefficient (Wildman–Crippen LogP) is 5.30. The van der Waals surface area contributed by atoms with E-state index >= 15 is 0 Å². The summed E-state index contributed by atoms with van der Waals surface area (Å²) in [6.45, 7) is 0. The van der Waals surface area contributed by atoms with E-state index in [-0.39, 0.29) is 0 Å². The van der Waals surface area contributed by atoms with Crippen LogP contribution in [0.25, 0.3) is 0 Å². The fourth-order valence-corrected chi connectivity index (χ4v) is 3.83. The van der Waals surface area contributed by atoms with Crippen LogP contribution in [0.4, 0.5) is 0 Å². The van der Waals surface area contributed by atoms with Gasteiger partial charge in [0.05, 0.1) is 0 Å². The van der Waals surface area contributed by atoms with Gasteiger partial charge in [0, 0.05) is 0 Å². The summed E-state index contributed by atoms with van der Waals surface area (Å²) < 4.78 is 0. The van der Waals surface area contributed by atoms with E-state index in [2.05, 4.69) is 18.6 Å². The average Bonchev–Trinajstić information content (AvgIpc) is 2.49. The molecule has 0 aliphatic heterocycles. The van der Waals surface area contributed by atoms with E-state index in [1.807, 2.05) is 6.07 Å². The van der Waals surface area contributed by atoms with Gasteiger partial charge in [-0.2, -0.15) is 0 Å². The third-order valence-electron chi connectivity index (χ3n) is 5.01. The Morgan fingerprint density at radius 2 is 1.58 bits per heavy atom. The Morgan fingerprint density at radius 1 is 0.842 bits per heavy atom. The van der Waals surface area contributed by atoms with Crippen molar-refractivity contribution in [2.45, 2.75) is 69.6 Å². The van der Waals surface area contributed by atoms with Crippen LogP contribution < -0.4 is 0 Å².